The van der Waals surface area contributed by atoms with Crippen LogP contribution in [-0.2, 0) is 22.7 Å². The van der Waals surface area contributed by atoms with Crippen molar-refractivity contribution in [2.45, 2.75) is 92.2 Å². The molecular weight excluding hydrogens is 817 g/mol. The molecular formula is C46H62N12O6. The van der Waals surface area contributed by atoms with Crippen molar-refractivity contribution >= 4 is 46.0 Å². The topological polar surface area (TPSA) is 228 Å². The molecule has 0 aliphatic rings. The number of nitrogens with zero attached hydrogens (tertiary/aromatic N) is 6. The van der Waals surface area contributed by atoms with Crippen LogP contribution in [0.15, 0.2) is 70.8 Å². The highest BCUT2D eigenvalue weighted by molar-refractivity contribution is 5.79. The Morgan fingerprint density at radius 1 is 0.656 bits per heavy atom. The quantitative estimate of drug-likeness (QED) is 0.0334. The Kier molecular flexibility index (Phi) is 17.3. The van der Waals surface area contributed by atoms with E-state index in [0.29, 0.717) is 59.6 Å². The molecule has 18 heteroatoms. The smallest absolute Gasteiger partial charge is 0.280 e. The number of H-pyrrole nitrogens is 2. The number of hydrogen-bond donors (Lipinski definition) is 6. The van der Waals surface area contributed by atoms with E-state index in [4.69, 9.17) is 9.47 Å². The number of amides is 2. The zero-order valence-corrected chi connectivity index (χ0v) is 37.4. The average Bonchev–Trinajstić information content (AvgIpc) is 3.91. The highest BCUT2D eigenvalue weighted by Gasteiger charge is 2.16. The lowest BCUT2D eigenvalue weighted by Crippen LogP contribution is -2.31. The number of imidazole rings is 2. The van der Waals surface area contributed by atoms with E-state index in [1.165, 1.54) is 12.7 Å². The molecule has 0 aliphatic heterocycles. The molecule has 2 amide bonds. The summed E-state index contributed by atoms with van der Waals surface area (Å²) in [6.45, 7) is 10.9. The number of rotatable bonds is 27. The number of aromatic amines is 2. The molecule has 0 radical (unpaired) electrons. The van der Waals surface area contributed by atoms with Crippen molar-refractivity contribution < 1.29 is 19.1 Å². The van der Waals surface area contributed by atoms with Crippen LogP contribution in [0.5, 0.6) is 11.5 Å². The molecule has 4 aromatic heterocycles. The highest BCUT2D eigenvalue weighted by atomic mass is 16.5. The first kappa shape index (κ1) is 46.8. The number of benzene rings is 2. The third-order valence-electron chi connectivity index (χ3n) is 11.2. The number of fused-ring (bicyclic) bond motifs is 2. The third kappa shape index (κ3) is 13.2. The van der Waals surface area contributed by atoms with Gasteiger partial charge < -0.3 is 39.9 Å². The van der Waals surface area contributed by atoms with Gasteiger partial charge in [0.25, 0.3) is 11.1 Å². The first-order chi connectivity index (χ1) is 31.2. The molecule has 0 saturated heterocycles. The second kappa shape index (κ2) is 23.6. The number of ether oxygens (including phenoxy) is 2. The molecule has 6 N–H and O–H groups in total. The molecule has 0 aliphatic carbocycles. The number of nitrogens with one attached hydrogen (secondary N) is 6. The maximum absolute atomic E-state index is 12.9. The van der Waals surface area contributed by atoms with Crippen LogP contribution in [0.3, 0.4) is 0 Å². The number of unbranched alkanes of at least 4 members (excludes halogenated alkanes) is 2. The van der Waals surface area contributed by atoms with Gasteiger partial charge in [0.2, 0.25) is 23.7 Å². The molecule has 0 fully saturated rings. The van der Waals surface area contributed by atoms with Gasteiger partial charge in [0.1, 0.15) is 37.8 Å². The minimum atomic E-state index is -0.361. The fourth-order valence-corrected chi connectivity index (χ4v) is 7.35. The van der Waals surface area contributed by atoms with Crippen LogP contribution in [0.25, 0.3) is 33.5 Å². The minimum Gasteiger partial charge on any atom is -0.492 e. The lowest BCUT2D eigenvalue weighted by Gasteiger charge is -2.15. The van der Waals surface area contributed by atoms with Crippen LogP contribution in [0.2, 0.25) is 0 Å². The number of carbonyl (C=O) groups is 2. The zero-order valence-electron chi connectivity index (χ0n) is 37.4. The first-order valence-corrected chi connectivity index (χ1v) is 22.5. The molecule has 2 aromatic carbocycles. The monoisotopic (exact) mass is 878 g/mol. The summed E-state index contributed by atoms with van der Waals surface area (Å²) >= 11 is 0. The van der Waals surface area contributed by atoms with E-state index in [0.717, 1.165) is 62.5 Å². The van der Waals surface area contributed by atoms with Crippen LogP contribution in [-0.4, -0.2) is 90.2 Å². The van der Waals surface area contributed by atoms with Gasteiger partial charge in [0.15, 0.2) is 22.3 Å². The van der Waals surface area contributed by atoms with Gasteiger partial charge in [0.05, 0.1) is 25.7 Å². The molecule has 0 spiro atoms. The van der Waals surface area contributed by atoms with E-state index in [-0.39, 0.29) is 73.4 Å². The standard InChI is InChI=1S/C46H62N12O6/c1-5-9-13-31(7-3)25-49-45-53-41-39(43(61)55-45)51-29-57(41)27-37(59)47-19-21-63-35-17-11-15-33(23-35)34-16-12-18-36(24-34)64-22-20-48-38(60)28-58-30-52-40-42(58)54-46(56-44(40)62)50-26-32(8-4)14-10-6-2/h11-12,15-18,23-24,29-32H,5-10,13-14,19-22,25-28H2,1-4H3,(H,47,59)(H,48,60)(H2,49,53,55,61)(H2,50,54,56,62). The van der Waals surface area contributed by atoms with Gasteiger partial charge >= 0.3 is 0 Å². The van der Waals surface area contributed by atoms with Gasteiger partial charge in [-0.3, -0.25) is 29.1 Å². The summed E-state index contributed by atoms with van der Waals surface area (Å²) in [5.41, 5.74) is 2.14. The normalized spacial score (nSPS) is 12.2. The van der Waals surface area contributed by atoms with Crippen LogP contribution >= 0.6 is 0 Å². The number of hydrogen-bond acceptors (Lipinski definition) is 12. The second-order valence-electron chi connectivity index (χ2n) is 16.0. The molecule has 4 heterocycles. The Morgan fingerprint density at radius 2 is 1.09 bits per heavy atom. The van der Waals surface area contributed by atoms with E-state index in [1.54, 1.807) is 9.13 Å². The minimum absolute atomic E-state index is 0.0532. The van der Waals surface area contributed by atoms with E-state index >= 15 is 0 Å². The average molecular weight is 879 g/mol. The summed E-state index contributed by atoms with van der Waals surface area (Å²) in [4.78, 5) is 74.2. The van der Waals surface area contributed by atoms with E-state index < -0.39 is 0 Å². The Hall–Kier alpha value is -6.72. The Bertz CT molecular complexity index is 2390. The lowest BCUT2D eigenvalue weighted by molar-refractivity contribution is -0.122. The van der Waals surface area contributed by atoms with Gasteiger partial charge in [-0.15, -0.1) is 0 Å². The molecule has 2 atom stereocenters. The largest absolute Gasteiger partial charge is 0.492 e. The molecule has 0 bridgehead atoms. The number of anilines is 2. The fraction of sp³-hybridized carbons (Fsp3) is 0.478. The Morgan fingerprint density at radius 3 is 1.50 bits per heavy atom. The SMILES string of the molecule is CCCCC(CC)CNc1nc2c(ncn2CC(=O)NCCOc2cccc(-c3cccc(OCCNC(=O)Cn4cnc5c(=O)[nH]c(NCC(CC)CCCC)nc54)c3)c2)c(=O)[nH]1. The van der Waals surface area contributed by atoms with Crippen LogP contribution in [0.1, 0.15) is 79.1 Å². The second-order valence-corrected chi connectivity index (χ2v) is 16.0. The molecule has 2 unspecified atom stereocenters. The molecule has 18 nitrogen and oxygen atoms in total. The van der Waals surface area contributed by atoms with Gasteiger partial charge in [-0.1, -0.05) is 90.5 Å². The van der Waals surface area contributed by atoms with Crippen molar-refractivity contribution in [2.75, 3.05) is 50.0 Å². The van der Waals surface area contributed by atoms with Crippen molar-refractivity contribution in [3.05, 3.63) is 81.9 Å². The van der Waals surface area contributed by atoms with Gasteiger partial charge in [-0.05, 0) is 60.1 Å². The van der Waals surface area contributed by atoms with Gasteiger partial charge in [-0.2, -0.15) is 9.97 Å². The van der Waals surface area contributed by atoms with E-state index in [9.17, 15) is 19.2 Å². The predicted octanol–water partition coefficient (Wildman–Crippen LogP) is 5.87. The first-order valence-electron chi connectivity index (χ1n) is 22.5. The summed E-state index contributed by atoms with van der Waals surface area (Å²) in [5.74, 6) is 2.41. The third-order valence-corrected chi connectivity index (χ3v) is 11.2. The zero-order chi connectivity index (χ0) is 45.3. The molecule has 6 aromatic rings. The number of aromatic nitrogens is 8. The molecule has 64 heavy (non-hydrogen) atoms. The summed E-state index contributed by atoms with van der Waals surface area (Å²) in [7, 11) is 0. The van der Waals surface area contributed by atoms with Crippen molar-refractivity contribution in [2.24, 2.45) is 11.8 Å². The van der Waals surface area contributed by atoms with Gasteiger partial charge in [0, 0.05) is 13.1 Å². The van der Waals surface area contributed by atoms with Crippen molar-refractivity contribution in [3.8, 4) is 22.6 Å². The Labute approximate surface area is 372 Å². The van der Waals surface area contributed by atoms with Crippen LogP contribution in [0, 0.1) is 11.8 Å². The summed E-state index contributed by atoms with van der Waals surface area (Å²) in [6.07, 6.45) is 11.7. The van der Waals surface area contributed by atoms with Crippen molar-refractivity contribution in [1.29, 1.82) is 0 Å². The van der Waals surface area contributed by atoms with E-state index in [1.807, 2.05) is 48.5 Å². The van der Waals surface area contributed by atoms with Crippen LogP contribution in [0.4, 0.5) is 11.9 Å². The highest BCUT2D eigenvalue weighted by Crippen LogP contribution is 2.27. The number of carbonyl (C=O) groups excluding carboxylic acids is 2. The fourth-order valence-electron chi connectivity index (χ4n) is 7.35. The molecule has 0 saturated carbocycles. The lowest BCUT2D eigenvalue weighted by atomic mass is 9.99. The van der Waals surface area contributed by atoms with Crippen LogP contribution < -0.4 is 41.9 Å². The maximum atomic E-state index is 12.9. The summed E-state index contributed by atoms with van der Waals surface area (Å²) < 4.78 is 15.1. The van der Waals surface area contributed by atoms with Gasteiger partial charge in [-0.25, -0.2) is 9.97 Å². The molecule has 342 valence electrons. The maximum Gasteiger partial charge on any atom is 0.280 e. The van der Waals surface area contributed by atoms with Crippen molar-refractivity contribution in [1.82, 2.24) is 49.7 Å². The van der Waals surface area contributed by atoms with Crippen molar-refractivity contribution in [3.63, 3.8) is 0 Å². The Balaban J connectivity index is 0.933. The predicted molar refractivity (Wildman–Crippen MR) is 249 cm³/mol. The summed E-state index contributed by atoms with van der Waals surface area (Å²) in [5, 5.41) is 12.3. The summed E-state index contributed by atoms with van der Waals surface area (Å²) in [6, 6.07) is 15.2. The van der Waals surface area contributed by atoms with E-state index in [2.05, 4.69) is 78.9 Å². The molecule has 6 rings (SSSR count).